The molecule has 5 nitrogen and oxygen atoms in total. The molecule has 23 heavy (non-hydrogen) atoms. The molecule has 6 heteroatoms. The first-order valence-corrected chi connectivity index (χ1v) is 9.77. The lowest BCUT2D eigenvalue weighted by Gasteiger charge is -2.23. The van der Waals surface area contributed by atoms with Gasteiger partial charge in [-0.3, -0.25) is 9.10 Å². The molecule has 0 saturated heterocycles. The fraction of sp³-hybridized carbons (Fsp3) is 0.588. The smallest absolute Gasteiger partial charge is 0.232 e. The zero-order chi connectivity index (χ0) is 17.6. The van der Waals surface area contributed by atoms with Crippen LogP contribution in [0.15, 0.2) is 18.2 Å². The number of nitrogens with zero attached hydrogens (tertiary/aromatic N) is 1. The van der Waals surface area contributed by atoms with Gasteiger partial charge in [0.15, 0.2) is 0 Å². The Hall–Kier alpha value is -1.56. The summed E-state index contributed by atoms with van der Waals surface area (Å²) in [5, 5.41) is 2.84. The predicted molar refractivity (Wildman–Crippen MR) is 95.2 cm³/mol. The van der Waals surface area contributed by atoms with Gasteiger partial charge in [-0.05, 0) is 49.4 Å². The van der Waals surface area contributed by atoms with Gasteiger partial charge in [-0.1, -0.05) is 19.9 Å². The van der Waals surface area contributed by atoms with Gasteiger partial charge >= 0.3 is 0 Å². The van der Waals surface area contributed by atoms with Gasteiger partial charge in [0.25, 0.3) is 0 Å². The predicted octanol–water partition coefficient (Wildman–Crippen LogP) is 2.62. The molecular formula is C17H28N2O3S. The van der Waals surface area contributed by atoms with Crippen molar-refractivity contribution in [3.05, 3.63) is 29.3 Å². The Bertz CT molecular complexity index is 639. The molecule has 0 aliphatic carbocycles. The van der Waals surface area contributed by atoms with Crippen LogP contribution >= 0.6 is 0 Å². The van der Waals surface area contributed by atoms with Crippen LogP contribution in [0.3, 0.4) is 0 Å². The Morgan fingerprint density at radius 3 is 2.39 bits per heavy atom. The maximum absolute atomic E-state index is 12.0. The van der Waals surface area contributed by atoms with Crippen LogP contribution in [0.4, 0.5) is 5.69 Å². The molecule has 0 fully saturated rings. The van der Waals surface area contributed by atoms with Crippen molar-refractivity contribution in [2.75, 3.05) is 23.7 Å². The van der Waals surface area contributed by atoms with Crippen LogP contribution in [0.1, 0.15) is 37.8 Å². The number of hydrogen-bond donors (Lipinski definition) is 1. The second kappa shape index (κ2) is 8.34. The number of hydrogen-bond acceptors (Lipinski definition) is 3. The van der Waals surface area contributed by atoms with Crippen LogP contribution in [0.25, 0.3) is 0 Å². The van der Waals surface area contributed by atoms with Crippen molar-refractivity contribution in [1.29, 1.82) is 0 Å². The average molecular weight is 340 g/mol. The zero-order valence-corrected chi connectivity index (χ0v) is 15.5. The number of amides is 1. The lowest BCUT2D eigenvalue weighted by atomic mass is 10.1. The third-order valence-electron chi connectivity index (χ3n) is 3.65. The third-order valence-corrected chi connectivity index (χ3v) is 4.85. The van der Waals surface area contributed by atoms with E-state index < -0.39 is 10.0 Å². The second-order valence-electron chi connectivity index (χ2n) is 6.41. The molecule has 130 valence electrons. The minimum absolute atomic E-state index is 0.0350. The third kappa shape index (κ3) is 6.60. The Labute approximate surface area is 140 Å². The fourth-order valence-corrected chi connectivity index (χ4v) is 3.11. The van der Waals surface area contributed by atoms with E-state index in [9.17, 15) is 13.2 Å². The molecule has 0 atom stereocenters. The Morgan fingerprint density at radius 1 is 1.22 bits per heavy atom. The van der Waals surface area contributed by atoms with Crippen LogP contribution in [-0.4, -0.2) is 33.7 Å². The van der Waals surface area contributed by atoms with Crippen molar-refractivity contribution in [2.45, 2.75) is 40.5 Å². The van der Waals surface area contributed by atoms with E-state index in [0.717, 1.165) is 11.1 Å². The second-order valence-corrected chi connectivity index (χ2v) is 8.31. The zero-order valence-electron chi connectivity index (χ0n) is 14.7. The molecule has 0 unspecified atom stereocenters. The highest BCUT2D eigenvalue weighted by Crippen LogP contribution is 2.21. The summed E-state index contributed by atoms with van der Waals surface area (Å²) >= 11 is 0. The van der Waals surface area contributed by atoms with Gasteiger partial charge < -0.3 is 5.32 Å². The molecule has 0 radical (unpaired) electrons. The molecule has 1 aromatic carbocycles. The number of aryl methyl sites for hydroxylation is 2. The number of sulfonamides is 1. The van der Waals surface area contributed by atoms with E-state index in [4.69, 9.17) is 0 Å². The van der Waals surface area contributed by atoms with Crippen molar-refractivity contribution in [1.82, 2.24) is 5.32 Å². The number of nitrogens with one attached hydrogen (secondary N) is 1. The lowest BCUT2D eigenvalue weighted by Crippen LogP contribution is -2.32. The Morgan fingerprint density at radius 2 is 1.87 bits per heavy atom. The highest BCUT2D eigenvalue weighted by atomic mass is 32.2. The summed E-state index contributed by atoms with van der Waals surface area (Å²) in [4.78, 5) is 11.7. The number of benzene rings is 1. The highest BCUT2D eigenvalue weighted by molar-refractivity contribution is 7.92. The number of carbonyl (C=O) groups excluding carboxylic acids is 1. The topological polar surface area (TPSA) is 66.5 Å². The van der Waals surface area contributed by atoms with Crippen LogP contribution in [0.2, 0.25) is 0 Å². The van der Waals surface area contributed by atoms with Gasteiger partial charge in [-0.2, -0.15) is 0 Å². The van der Waals surface area contributed by atoms with Gasteiger partial charge in [0, 0.05) is 19.5 Å². The van der Waals surface area contributed by atoms with Crippen molar-refractivity contribution >= 4 is 21.6 Å². The summed E-state index contributed by atoms with van der Waals surface area (Å²) in [5.41, 5.74) is 2.82. The fourth-order valence-electron chi connectivity index (χ4n) is 2.16. The minimum Gasteiger partial charge on any atom is -0.356 e. The van der Waals surface area contributed by atoms with Crippen molar-refractivity contribution in [3.8, 4) is 0 Å². The van der Waals surface area contributed by atoms with Crippen LogP contribution in [-0.2, 0) is 14.8 Å². The number of anilines is 1. The van der Waals surface area contributed by atoms with Gasteiger partial charge in [-0.15, -0.1) is 0 Å². The maximum atomic E-state index is 12.0. The van der Waals surface area contributed by atoms with E-state index in [1.54, 1.807) is 0 Å². The summed E-state index contributed by atoms with van der Waals surface area (Å²) in [6, 6.07) is 5.59. The van der Waals surface area contributed by atoms with Crippen molar-refractivity contribution in [2.24, 2.45) is 5.92 Å². The SMILES string of the molecule is Cc1ccc(N(CCCC(=O)NCC(C)C)S(C)(=O)=O)cc1C. The highest BCUT2D eigenvalue weighted by Gasteiger charge is 2.18. The largest absolute Gasteiger partial charge is 0.356 e. The maximum Gasteiger partial charge on any atom is 0.232 e. The Balaban J connectivity index is 2.70. The van der Waals surface area contributed by atoms with E-state index in [0.29, 0.717) is 37.5 Å². The summed E-state index contributed by atoms with van der Waals surface area (Å²) in [6.45, 7) is 8.96. The van der Waals surface area contributed by atoms with E-state index in [-0.39, 0.29) is 5.91 Å². The molecule has 0 saturated carbocycles. The lowest BCUT2D eigenvalue weighted by molar-refractivity contribution is -0.121. The molecule has 0 spiro atoms. The first-order valence-electron chi connectivity index (χ1n) is 7.93. The molecule has 1 amide bonds. The van der Waals surface area contributed by atoms with E-state index >= 15 is 0 Å². The Kier molecular flexibility index (Phi) is 7.06. The first kappa shape index (κ1) is 19.5. The standard InChI is InChI=1S/C17H28N2O3S/c1-13(2)12-18-17(20)7-6-10-19(23(5,21)22)16-9-8-14(3)15(4)11-16/h8-9,11,13H,6-7,10,12H2,1-5H3,(H,18,20). The minimum atomic E-state index is -3.37. The number of carbonyl (C=O) groups is 1. The molecule has 0 aliphatic rings. The van der Waals surface area contributed by atoms with Gasteiger partial charge in [0.2, 0.25) is 15.9 Å². The monoisotopic (exact) mass is 340 g/mol. The van der Waals surface area contributed by atoms with Gasteiger partial charge in [-0.25, -0.2) is 8.42 Å². The molecule has 1 rings (SSSR count). The molecule has 1 N–H and O–H groups in total. The molecule has 1 aromatic rings. The van der Waals surface area contributed by atoms with Crippen LogP contribution in [0, 0.1) is 19.8 Å². The van der Waals surface area contributed by atoms with Crippen molar-refractivity contribution < 1.29 is 13.2 Å². The summed E-state index contributed by atoms with van der Waals surface area (Å²) in [5.74, 6) is 0.370. The van der Waals surface area contributed by atoms with Gasteiger partial charge in [0.05, 0.1) is 11.9 Å². The number of rotatable bonds is 8. The quantitative estimate of drug-likeness (QED) is 0.791. The summed E-state index contributed by atoms with van der Waals surface area (Å²) in [6.07, 6.45) is 2.01. The van der Waals surface area contributed by atoms with Crippen molar-refractivity contribution in [3.63, 3.8) is 0 Å². The van der Waals surface area contributed by atoms with Crippen LogP contribution < -0.4 is 9.62 Å². The molecule has 0 heterocycles. The van der Waals surface area contributed by atoms with Gasteiger partial charge in [0.1, 0.15) is 0 Å². The van der Waals surface area contributed by atoms with E-state index in [1.165, 1.54) is 10.6 Å². The summed E-state index contributed by atoms with van der Waals surface area (Å²) in [7, 11) is -3.37. The molecule has 0 aromatic heterocycles. The van der Waals surface area contributed by atoms with Crippen LogP contribution in [0.5, 0.6) is 0 Å². The average Bonchev–Trinajstić information content (AvgIpc) is 2.43. The normalized spacial score (nSPS) is 11.6. The summed E-state index contributed by atoms with van der Waals surface area (Å²) < 4.78 is 25.5. The van der Waals surface area contributed by atoms with E-state index in [1.807, 2.05) is 45.9 Å². The first-order chi connectivity index (χ1) is 10.6. The molecular weight excluding hydrogens is 312 g/mol. The molecule has 0 aliphatic heterocycles. The molecule has 0 bridgehead atoms. The van der Waals surface area contributed by atoms with E-state index in [2.05, 4.69) is 5.32 Å².